The van der Waals surface area contributed by atoms with Gasteiger partial charge in [0, 0.05) is 4.47 Å². The van der Waals surface area contributed by atoms with E-state index in [1.807, 2.05) is 42.5 Å². The number of rotatable bonds is 7. The number of halogens is 3. The van der Waals surface area contributed by atoms with Gasteiger partial charge in [0.15, 0.2) is 6.10 Å². The lowest BCUT2D eigenvalue weighted by atomic mass is 10.1. The predicted molar refractivity (Wildman–Crippen MR) is 137 cm³/mol. The Morgan fingerprint density at radius 2 is 1.73 bits per heavy atom. The Morgan fingerprint density at radius 3 is 2.37 bits per heavy atom. The molecular formula is C22H17BrI2N2O3. The number of aliphatic hydroxyl groups excluding tert-OH is 1. The van der Waals surface area contributed by atoms with Gasteiger partial charge in [0.2, 0.25) is 0 Å². The average molecular weight is 691 g/mol. The Morgan fingerprint density at radius 1 is 1.10 bits per heavy atom. The zero-order chi connectivity index (χ0) is 21.5. The van der Waals surface area contributed by atoms with Crippen molar-refractivity contribution in [3.05, 3.63) is 95.0 Å². The second-order valence-corrected chi connectivity index (χ2v) is 9.52. The minimum atomic E-state index is -1.27. The van der Waals surface area contributed by atoms with Crippen LogP contribution < -0.4 is 10.2 Å². The molecule has 0 aliphatic heterocycles. The number of hydrogen-bond donors (Lipinski definition) is 2. The van der Waals surface area contributed by atoms with E-state index in [2.05, 4.69) is 71.6 Å². The summed E-state index contributed by atoms with van der Waals surface area (Å²) in [4.78, 5) is 12.1. The Labute approximate surface area is 210 Å². The first-order valence-electron chi connectivity index (χ1n) is 8.86. The second-order valence-electron chi connectivity index (χ2n) is 6.28. The standard InChI is InChI=1S/C22H17BrI2N2O3/c23-17-8-6-14(7-9-17)13-30-21-18(24)10-15(11-19(21)25)12-26-27-22(29)20(28)16-4-2-1-3-5-16/h1-12,20,28H,13H2,(H,27,29)/b26-12-/t20-/m0/s1. The molecule has 0 heterocycles. The Hall–Kier alpha value is -1.50. The second kappa shape index (κ2) is 11.2. The first-order valence-corrected chi connectivity index (χ1v) is 11.8. The molecule has 0 aliphatic carbocycles. The molecule has 30 heavy (non-hydrogen) atoms. The topological polar surface area (TPSA) is 70.9 Å². The van der Waals surface area contributed by atoms with Crippen molar-refractivity contribution in [3.63, 3.8) is 0 Å². The van der Waals surface area contributed by atoms with Gasteiger partial charge in [-0.3, -0.25) is 4.79 Å². The molecule has 0 bridgehead atoms. The van der Waals surface area contributed by atoms with Crippen molar-refractivity contribution < 1.29 is 14.6 Å². The number of amides is 1. The normalized spacial score (nSPS) is 12.0. The lowest BCUT2D eigenvalue weighted by Gasteiger charge is -2.12. The van der Waals surface area contributed by atoms with Crippen LogP contribution in [-0.2, 0) is 11.4 Å². The maximum atomic E-state index is 12.1. The number of hydrazone groups is 1. The molecule has 3 aromatic rings. The fourth-order valence-corrected chi connectivity index (χ4v) is 4.94. The van der Waals surface area contributed by atoms with Crippen molar-refractivity contribution in [2.75, 3.05) is 0 Å². The summed E-state index contributed by atoms with van der Waals surface area (Å²) >= 11 is 7.86. The van der Waals surface area contributed by atoms with E-state index in [1.165, 1.54) is 0 Å². The number of nitrogens with one attached hydrogen (secondary N) is 1. The van der Waals surface area contributed by atoms with E-state index in [0.29, 0.717) is 12.2 Å². The van der Waals surface area contributed by atoms with E-state index < -0.39 is 12.0 Å². The molecule has 0 spiro atoms. The highest BCUT2D eigenvalue weighted by Crippen LogP contribution is 2.29. The van der Waals surface area contributed by atoms with Crippen LogP contribution in [-0.4, -0.2) is 17.2 Å². The van der Waals surface area contributed by atoms with Crippen molar-refractivity contribution in [3.8, 4) is 5.75 Å². The third-order valence-electron chi connectivity index (χ3n) is 4.07. The zero-order valence-corrected chi connectivity index (χ0v) is 21.5. The van der Waals surface area contributed by atoms with Crippen molar-refractivity contribution in [2.45, 2.75) is 12.7 Å². The van der Waals surface area contributed by atoms with E-state index in [4.69, 9.17) is 4.74 Å². The molecule has 0 aromatic heterocycles. The van der Waals surface area contributed by atoms with Crippen LogP contribution in [0.5, 0.6) is 5.75 Å². The molecule has 1 atom stereocenters. The van der Waals surface area contributed by atoms with E-state index in [0.717, 1.165) is 28.5 Å². The van der Waals surface area contributed by atoms with Crippen molar-refractivity contribution >= 4 is 73.2 Å². The van der Waals surface area contributed by atoms with Gasteiger partial charge in [-0.05, 0) is 86.1 Å². The van der Waals surface area contributed by atoms with Crippen LogP contribution in [0.1, 0.15) is 22.8 Å². The van der Waals surface area contributed by atoms with Crippen molar-refractivity contribution in [1.29, 1.82) is 0 Å². The van der Waals surface area contributed by atoms with Gasteiger partial charge in [-0.2, -0.15) is 5.10 Å². The van der Waals surface area contributed by atoms with Crippen LogP contribution in [0, 0.1) is 7.14 Å². The number of benzene rings is 3. The molecule has 154 valence electrons. The molecular weight excluding hydrogens is 674 g/mol. The van der Waals surface area contributed by atoms with Crippen LogP contribution in [0.4, 0.5) is 0 Å². The number of ether oxygens (including phenoxy) is 1. The first kappa shape index (κ1) is 23.2. The minimum absolute atomic E-state index is 0.472. The maximum absolute atomic E-state index is 12.1. The lowest BCUT2D eigenvalue weighted by Crippen LogP contribution is -2.25. The van der Waals surface area contributed by atoms with Gasteiger partial charge in [-0.1, -0.05) is 58.4 Å². The summed E-state index contributed by atoms with van der Waals surface area (Å²) in [6, 6.07) is 20.5. The van der Waals surface area contributed by atoms with Gasteiger partial charge in [0.1, 0.15) is 12.4 Å². The summed E-state index contributed by atoms with van der Waals surface area (Å²) in [5.74, 6) is 0.219. The maximum Gasteiger partial charge on any atom is 0.273 e. The fraction of sp³-hybridized carbons (Fsp3) is 0.0909. The third kappa shape index (κ3) is 6.50. The summed E-state index contributed by atoms with van der Waals surface area (Å²) in [6.07, 6.45) is 0.274. The highest BCUT2D eigenvalue weighted by atomic mass is 127. The van der Waals surface area contributed by atoms with E-state index in [9.17, 15) is 9.90 Å². The van der Waals surface area contributed by atoms with E-state index >= 15 is 0 Å². The van der Waals surface area contributed by atoms with Gasteiger partial charge in [0.05, 0.1) is 13.4 Å². The smallest absolute Gasteiger partial charge is 0.273 e. The summed E-state index contributed by atoms with van der Waals surface area (Å²) < 4.78 is 8.90. The fourth-order valence-electron chi connectivity index (χ4n) is 2.55. The molecule has 2 N–H and O–H groups in total. The molecule has 0 aliphatic rings. The van der Waals surface area contributed by atoms with Gasteiger partial charge >= 0.3 is 0 Å². The van der Waals surface area contributed by atoms with E-state index in [1.54, 1.807) is 30.5 Å². The quantitative estimate of drug-likeness (QED) is 0.198. The summed E-state index contributed by atoms with van der Waals surface area (Å²) in [5, 5.41) is 14.0. The highest BCUT2D eigenvalue weighted by Gasteiger charge is 2.16. The van der Waals surface area contributed by atoms with Crippen LogP contribution in [0.25, 0.3) is 0 Å². The van der Waals surface area contributed by atoms with Gasteiger partial charge < -0.3 is 9.84 Å². The largest absolute Gasteiger partial charge is 0.487 e. The number of carbonyl (C=O) groups is 1. The third-order valence-corrected chi connectivity index (χ3v) is 6.20. The van der Waals surface area contributed by atoms with Crippen molar-refractivity contribution in [2.24, 2.45) is 5.10 Å². The summed E-state index contributed by atoms with van der Waals surface area (Å²) in [6.45, 7) is 0.472. The van der Waals surface area contributed by atoms with Crippen molar-refractivity contribution in [1.82, 2.24) is 5.43 Å². The number of aliphatic hydroxyl groups is 1. The summed E-state index contributed by atoms with van der Waals surface area (Å²) in [7, 11) is 0. The molecule has 0 radical (unpaired) electrons. The van der Waals surface area contributed by atoms with E-state index in [-0.39, 0.29) is 0 Å². The monoisotopic (exact) mass is 690 g/mol. The molecule has 3 rings (SSSR count). The molecule has 0 saturated carbocycles. The molecule has 0 unspecified atom stereocenters. The Kier molecular flexibility index (Phi) is 8.66. The van der Waals surface area contributed by atoms with Gasteiger partial charge in [0.25, 0.3) is 5.91 Å². The Balaban J connectivity index is 1.61. The van der Waals surface area contributed by atoms with Crippen LogP contribution in [0.2, 0.25) is 0 Å². The van der Waals surface area contributed by atoms with Gasteiger partial charge in [-0.15, -0.1) is 0 Å². The first-order chi connectivity index (χ1) is 14.4. The lowest BCUT2D eigenvalue weighted by molar-refractivity contribution is -0.129. The van der Waals surface area contributed by atoms with Crippen LogP contribution in [0.15, 0.2) is 76.3 Å². The molecule has 8 heteroatoms. The number of carbonyl (C=O) groups excluding carboxylic acids is 1. The SMILES string of the molecule is O=C(N/N=C\c1cc(I)c(OCc2ccc(Br)cc2)c(I)c1)[C@@H](O)c1ccccc1. The van der Waals surface area contributed by atoms with Crippen LogP contribution >= 0.6 is 61.1 Å². The average Bonchev–Trinajstić information content (AvgIpc) is 2.74. The van der Waals surface area contributed by atoms with Crippen LogP contribution in [0.3, 0.4) is 0 Å². The minimum Gasteiger partial charge on any atom is -0.487 e. The highest BCUT2D eigenvalue weighted by molar-refractivity contribution is 14.1. The summed E-state index contributed by atoms with van der Waals surface area (Å²) in [5.41, 5.74) is 4.78. The Bertz CT molecular complexity index is 1020. The molecule has 0 saturated heterocycles. The molecule has 0 fully saturated rings. The molecule has 1 amide bonds. The zero-order valence-electron chi connectivity index (χ0n) is 15.6. The molecule has 3 aromatic carbocycles. The number of nitrogens with zero attached hydrogens (tertiary/aromatic N) is 1. The number of hydrogen-bond acceptors (Lipinski definition) is 4. The van der Waals surface area contributed by atoms with Gasteiger partial charge in [-0.25, -0.2) is 5.43 Å². The molecule has 5 nitrogen and oxygen atoms in total. The predicted octanol–water partition coefficient (Wildman–Crippen LogP) is 5.42.